The quantitative estimate of drug-likeness (QED) is 0.298. The molecule has 1 fully saturated rings. The van der Waals surface area contributed by atoms with Crippen LogP contribution in [0.4, 0.5) is 11.6 Å². The van der Waals surface area contributed by atoms with Crippen LogP contribution in [-0.2, 0) is 21.5 Å². The summed E-state index contributed by atoms with van der Waals surface area (Å²) in [5, 5.41) is 6.00. The van der Waals surface area contributed by atoms with E-state index in [1.54, 1.807) is 25.3 Å². The molecule has 4 aromatic rings. The zero-order valence-electron chi connectivity index (χ0n) is 18.9. The highest BCUT2D eigenvalue weighted by atomic mass is 32.2. The molecule has 0 bridgehead atoms. The van der Waals surface area contributed by atoms with Crippen LogP contribution in [-0.4, -0.2) is 31.4 Å². The van der Waals surface area contributed by atoms with Gasteiger partial charge in [0.25, 0.3) is 0 Å². The largest absolute Gasteiger partial charge is 0.497 e. The lowest BCUT2D eigenvalue weighted by Crippen LogP contribution is -2.14. The Morgan fingerprint density at radius 3 is 2.60 bits per heavy atom. The van der Waals surface area contributed by atoms with Crippen LogP contribution in [0.5, 0.6) is 11.5 Å². The number of hydrogen-bond acceptors (Lipinski definition) is 7. The van der Waals surface area contributed by atoms with Crippen molar-refractivity contribution >= 4 is 38.7 Å². The zero-order valence-corrected chi connectivity index (χ0v) is 19.8. The maximum Gasteiger partial charge on any atom is 0.339 e. The van der Waals surface area contributed by atoms with Gasteiger partial charge in [-0.3, -0.25) is 10.1 Å². The molecule has 1 aliphatic carbocycles. The van der Waals surface area contributed by atoms with Gasteiger partial charge in [0, 0.05) is 24.2 Å². The first kappa shape index (κ1) is 22.7. The van der Waals surface area contributed by atoms with E-state index in [1.165, 1.54) is 24.3 Å². The number of anilines is 2. The smallest absolute Gasteiger partial charge is 0.339 e. The summed E-state index contributed by atoms with van der Waals surface area (Å²) in [5.74, 6) is 1.23. The Labute approximate surface area is 202 Å². The maximum absolute atomic E-state index is 12.8. The third-order valence-electron chi connectivity index (χ3n) is 5.62. The first-order chi connectivity index (χ1) is 16.9. The number of aromatic nitrogens is 2. The molecule has 0 radical (unpaired) electrons. The standard InChI is InChI=1S/C25H24N4O5S/c1-33-19-4-2-3-16(13-19)15-26-18-7-10-21(11-8-18)35(31,32)34-20-9-12-22-23(14-20)28-25(27-22)29-24(30)17-5-6-17/h2-4,7-14,17,26H,5-6,15H2,1H3,(H2,27,28,29,30). The fourth-order valence-electron chi connectivity index (χ4n) is 3.56. The number of hydrogen-bond donors (Lipinski definition) is 3. The third kappa shape index (κ3) is 5.38. The molecule has 0 aliphatic heterocycles. The summed E-state index contributed by atoms with van der Waals surface area (Å²) in [7, 11) is -2.42. The molecule has 0 unspecified atom stereocenters. The minimum Gasteiger partial charge on any atom is -0.497 e. The van der Waals surface area contributed by atoms with Gasteiger partial charge in [0.05, 0.1) is 18.1 Å². The number of aromatic amines is 1. The van der Waals surface area contributed by atoms with Crippen LogP contribution in [0.15, 0.2) is 71.6 Å². The van der Waals surface area contributed by atoms with E-state index in [-0.39, 0.29) is 22.5 Å². The van der Waals surface area contributed by atoms with Crippen molar-refractivity contribution in [3.63, 3.8) is 0 Å². The highest BCUT2D eigenvalue weighted by Gasteiger charge is 2.30. The molecule has 180 valence electrons. The predicted molar refractivity (Wildman–Crippen MR) is 132 cm³/mol. The molecule has 0 saturated heterocycles. The number of carbonyl (C=O) groups excluding carboxylic acids is 1. The fourth-order valence-corrected chi connectivity index (χ4v) is 4.49. The summed E-state index contributed by atoms with van der Waals surface area (Å²) in [6, 6.07) is 18.7. The van der Waals surface area contributed by atoms with Crippen LogP contribution in [0.3, 0.4) is 0 Å². The van der Waals surface area contributed by atoms with Gasteiger partial charge in [-0.15, -0.1) is 0 Å². The number of fused-ring (bicyclic) bond motifs is 1. The second-order valence-electron chi connectivity index (χ2n) is 8.29. The second kappa shape index (κ2) is 9.30. The third-order valence-corrected chi connectivity index (χ3v) is 6.88. The number of rotatable bonds is 9. The van der Waals surface area contributed by atoms with Crippen LogP contribution < -0.4 is 19.6 Å². The molecule has 10 heteroatoms. The predicted octanol–water partition coefficient (Wildman–Crippen LogP) is 4.30. The van der Waals surface area contributed by atoms with E-state index >= 15 is 0 Å². The summed E-state index contributed by atoms with van der Waals surface area (Å²) < 4.78 is 36.1. The molecule has 3 N–H and O–H groups in total. The molecule has 1 aliphatic rings. The lowest BCUT2D eigenvalue weighted by Gasteiger charge is -2.10. The number of nitrogens with one attached hydrogen (secondary N) is 3. The monoisotopic (exact) mass is 492 g/mol. The fraction of sp³-hybridized carbons (Fsp3) is 0.200. The zero-order chi connectivity index (χ0) is 24.4. The van der Waals surface area contributed by atoms with Crippen LogP contribution in [0.2, 0.25) is 0 Å². The van der Waals surface area contributed by atoms with Crippen molar-refractivity contribution in [3.8, 4) is 11.5 Å². The molecule has 35 heavy (non-hydrogen) atoms. The minimum atomic E-state index is -4.04. The van der Waals surface area contributed by atoms with Crippen molar-refractivity contribution < 1.29 is 22.1 Å². The topological polar surface area (TPSA) is 122 Å². The van der Waals surface area contributed by atoms with Gasteiger partial charge in [-0.25, -0.2) is 4.98 Å². The number of imidazole rings is 1. The van der Waals surface area contributed by atoms with E-state index in [2.05, 4.69) is 20.6 Å². The van der Waals surface area contributed by atoms with Gasteiger partial charge in [0.2, 0.25) is 11.9 Å². The molecule has 3 aromatic carbocycles. The Hall–Kier alpha value is -4.05. The Kier molecular flexibility index (Phi) is 6.04. The summed E-state index contributed by atoms with van der Waals surface area (Å²) >= 11 is 0. The van der Waals surface area contributed by atoms with Crippen LogP contribution in [0.25, 0.3) is 11.0 Å². The molecule has 0 spiro atoms. The summed E-state index contributed by atoms with van der Waals surface area (Å²) in [5.41, 5.74) is 2.95. The first-order valence-electron chi connectivity index (χ1n) is 11.1. The minimum absolute atomic E-state index is 0.0338. The number of H-pyrrole nitrogens is 1. The van der Waals surface area contributed by atoms with Gasteiger partial charge in [-0.05, 0) is 66.9 Å². The van der Waals surface area contributed by atoms with Gasteiger partial charge < -0.3 is 19.2 Å². The molecule has 5 rings (SSSR count). The molecule has 1 saturated carbocycles. The normalized spacial score (nSPS) is 13.4. The van der Waals surface area contributed by atoms with Crippen molar-refractivity contribution in [2.45, 2.75) is 24.3 Å². The summed E-state index contributed by atoms with van der Waals surface area (Å²) in [6.45, 7) is 0.563. The Bertz CT molecular complexity index is 1480. The van der Waals surface area contributed by atoms with Crippen LogP contribution >= 0.6 is 0 Å². The highest BCUT2D eigenvalue weighted by molar-refractivity contribution is 7.87. The SMILES string of the molecule is COc1cccc(CNc2ccc(S(=O)(=O)Oc3ccc4nc(NC(=O)C5CC5)[nH]c4c3)cc2)c1. The van der Waals surface area contributed by atoms with Crippen molar-refractivity contribution in [1.82, 2.24) is 9.97 Å². The molecule has 1 amide bonds. The van der Waals surface area contributed by atoms with Crippen LogP contribution in [0, 0.1) is 5.92 Å². The maximum atomic E-state index is 12.8. The average molecular weight is 493 g/mol. The van der Waals surface area contributed by atoms with E-state index < -0.39 is 10.1 Å². The second-order valence-corrected chi connectivity index (χ2v) is 9.84. The van der Waals surface area contributed by atoms with Crippen molar-refractivity contribution in [2.75, 3.05) is 17.7 Å². The number of amides is 1. The van der Waals surface area contributed by atoms with Crippen LogP contribution in [0.1, 0.15) is 18.4 Å². The number of carbonyl (C=O) groups is 1. The molecule has 9 nitrogen and oxygen atoms in total. The van der Waals surface area contributed by atoms with Crippen molar-refractivity contribution in [1.29, 1.82) is 0 Å². The number of nitrogens with zero attached hydrogens (tertiary/aromatic N) is 1. The van der Waals surface area contributed by atoms with E-state index in [1.807, 2.05) is 24.3 Å². The van der Waals surface area contributed by atoms with E-state index in [4.69, 9.17) is 8.92 Å². The molecule has 0 atom stereocenters. The van der Waals surface area contributed by atoms with E-state index in [9.17, 15) is 13.2 Å². The highest BCUT2D eigenvalue weighted by Crippen LogP contribution is 2.30. The van der Waals surface area contributed by atoms with E-state index in [0.717, 1.165) is 29.8 Å². The Balaban J connectivity index is 1.24. The van der Waals surface area contributed by atoms with E-state index in [0.29, 0.717) is 23.5 Å². The summed E-state index contributed by atoms with van der Waals surface area (Å²) in [4.78, 5) is 19.3. The number of methoxy groups -OCH3 is 1. The number of ether oxygens (including phenoxy) is 1. The Morgan fingerprint density at radius 1 is 1.06 bits per heavy atom. The van der Waals surface area contributed by atoms with Gasteiger partial charge >= 0.3 is 10.1 Å². The van der Waals surface area contributed by atoms with Gasteiger partial charge in [0.15, 0.2) is 0 Å². The first-order valence-corrected chi connectivity index (χ1v) is 12.5. The molecule has 1 heterocycles. The lowest BCUT2D eigenvalue weighted by atomic mass is 10.2. The van der Waals surface area contributed by atoms with Gasteiger partial charge in [-0.2, -0.15) is 8.42 Å². The van der Waals surface area contributed by atoms with Gasteiger partial charge in [-0.1, -0.05) is 12.1 Å². The van der Waals surface area contributed by atoms with Crippen molar-refractivity contribution in [3.05, 3.63) is 72.3 Å². The molecular formula is C25H24N4O5S. The summed E-state index contributed by atoms with van der Waals surface area (Å²) in [6.07, 6.45) is 1.78. The average Bonchev–Trinajstić information content (AvgIpc) is 3.64. The lowest BCUT2D eigenvalue weighted by molar-refractivity contribution is -0.117. The molecular weight excluding hydrogens is 468 g/mol. The van der Waals surface area contributed by atoms with Gasteiger partial charge in [0.1, 0.15) is 16.4 Å². The van der Waals surface area contributed by atoms with Crippen molar-refractivity contribution in [2.24, 2.45) is 5.92 Å². The molecule has 1 aromatic heterocycles. The Morgan fingerprint density at radius 2 is 1.86 bits per heavy atom. The number of benzene rings is 3.